The molecule has 5 heavy (non-hydrogen) atoms. The second-order valence-electron chi connectivity index (χ2n) is 0. The monoisotopic (exact) mass is 65.1 g/mol. The van der Waals surface area contributed by atoms with E-state index in [-0.39, 0.29) is 18.9 Å². The Morgan fingerprint density at radius 2 is 0.800 bits per heavy atom. The van der Waals surface area contributed by atoms with Crippen molar-refractivity contribution in [3.8, 4) is 0 Å². The van der Waals surface area contributed by atoms with Gasteiger partial charge >= 0.3 is 18.9 Å². The van der Waals surface area contributed by atoms with E-state index in [1.807, 2.05) is 0 Å². The van der Waals surface area contributed by atoms with Gasteiger partial charge in [-0.2, -0.15) is 13.8 Å². The van der Waals surface area contributed by atoms with Crippen LogP contribution in [0.3, 0.4) is 0 Å². The van der Waals surface area contributed by atoms with Crippen LogP contribution in [0.2, 0.25) is 0 Å². The van der Waals surface area contributed by atoms with Gasteiger partial charge < -0.3 is 13.8 Å². The van der Waals surface area contributed by atoms with Gasteiger partial charge in [-0.05, 0) is 0 Å². The normalized spacial score (nSPS) is 2.40. The molecule has 0 N–H and O–H groups in total. The molecule has 0 radical (unpaired) electrons. The summed E-state index contributed by atoms with van der Waals surface area (Å²) in [6.45, 7) is 10.0. The third-order valence-electron chi connectivity index (χ3n) is 0. The van der Waals surface area contributed by atoms with E-state index in [1.54, 1.807) is 13.8 Å². The van der Waals surface area contributed by atoms with Crippen LogP contribution in [0.15, 0.2) is 0 Å². The standard InChI is InChI=1S/2C2H5.Li/c2*1-2;/h2*1H2,2H3;/q2*-1;+1. The molecule has 0 spiro atoms. The topological polar surface area (TPSA) is 0 Å². The molecule has 0 aliphatic rings. The summed E-state index contributed by atoms with van der Waals surface area (Å²) >= 11 is 0. The molecule has 0 saturated heterocycles. The molecule has 0 fully saturated rings. The first kappa shape index (κ1) is 17.5. The van der Waals surface area contributed by atoms with E-state index in [0.717, 1.165) is 0 Å². The van der Waals surface area contributed by atoms with Crippen molar-refractivity contribution in [2.24, 2.45) is 0 Å². The fraction of sp³-hybridized carbons (Fsp3) is 0.500. The van der Waals surface area contributed by atoms with Crippen LogP contribution in [0.25, 0.3) is 0 Å². The first-order valence-electron chi connectivity index (χ1n) is 1.41. The number of rotatable bonds is 0. The van der Waals surface area contributed by atoms with E-state index in [4.69, 9.17) is 0 Å². The van der Waals surface area contributed by atoms with E-state index >= 15 is 0 Å². The maximum absolute atomic E-state index is 3.25. The van der Waals surface area contributed by atoms with Crippen molar-refractivity contribution in [1.82, 2.24) is 0 Å². The van der Waals surface area contributed by atoms with Gasteiger partial charge in [0.1, 0.15) is 0 Å². The van der Waals surface area contributed by atoms with Crippen LogP contribution in [0.5, 0.6) is 0 Å². The predicted octanol–water partition coefficient (Wildman–Crippen LogP) is -1.32. The van der Waals surface area contributed by atoms with Crippen molar-refractivity contribution in [3.05, 3.63) is 13.8 Å². The van der Waals surface area contributed by atoms with E-state index in [9.17, 15) is 0 Å². The zero-order chi connectivity index (χ0) is 4.00. The molecule has 0 aliphatic heterocycles. The minimum atomic E-state index is 0. The third kappa shape index (κ3) is 86.9. The largest absolute Gasteiger partial charge is 1.00 e. The van der Waals surface area contributed by atoms with Crippen molar-refractivity contribution in [3.63, 3.8) is 0 Å². The molecule has 0 aromatic rings. The molecule has 0 heterocycles. The van der Waals surface area contributed by atoms with Crippen LogP contribution in [0.4, 0.5) is 0 Å². The molecular formula is C4H10Li-. The maximum atomic E-state index is 3.25. The summed E-state index contributed by atoms with van der Waals surface area (Å²) in [5, 5.41) is 0. The van der Waals surface area contributed by atoms with Crippen molar-refractivity contribution in [2.45, 2.75) is 13.8 Å². The number of hydrogen-bond acceptors (Lipinski definition) is 0. The summed E-state index contributed by atoms with van der Waals surface area (Å²) in [6, 6.07) is 0. The molecular weight excluding hydrogens is 55.0 g/mol. The van der Waals surface area contributed by atoms with Crippen LogP contribution in [-0.2, 0) is 0 Å². The first-order chi connectivity index (χ1) is 2.00. The van der Waals surface area contributed by atoms with Crippen LogP contribution < -0.4 is 18.9 Å². The zero-order valence-electron chi connectivity index (χ0n) is 4.41. The molecule has 0 aromatic heterocycles. The minimum Gasteiger partial charge on any atom is -0.346 e. The van der Waals surface area contributed by atoms with Gasteiger partial charge in [0.25, 0.3) is 0 Å². The molecule has 28 valence electrons. The van der Waals surface area contributed by atoms with E-state index in [2.05, 4.69) is 13.8 Å². The molecule has 0 aromatic carbocycles. The Bertz CT molecular complexity index is 3.61. The Morgan fingerprint density at radius 3 is 0.800 bits per heavy atom. The maximum Gasteiger partial charge on any atom is 1.00 e. The summed E-state index contributed by atoms with van der Waals surface area (Å²) in [7, 11) is 0. The van der Waals surface area contributed by atoms with E-state index < -0.39 is 0 Å². The summed E-state index contributed by atoms with van der Waals surface area (Å²) in [4.78, 5) is 0. The fourth-order valence-electron chi connectivity index (χ4n) is 0. The second-order valence-corrected chi connectivity index (χ2v) is 0. The molecule has 0 nitrogen and oxygen atoms in total. The first-order valence-corrected chi connectivity index (χ1v) is 1.41. The molecule has 1 heteroatoms. The summed E-state index contributed by atoms with van der Waals surface area (Å²) in [5.74, 6) is 0. The van der Waals surface area contributed by atoms with Gasteiger partial charge in [0.2, 0.25) is 0 Å². The number of hydrogen-bond donors (Lipinski definition) is 0. The van der Waals surface area contributed by atoms with Crippen molar-refractivity contribution in [1.29, 1.82) is 0 Å². The van der Waals surface area contributed by atoms with Gasteiger partial charge in [-0.25, -0.2) is 0 Å². The van der Waals surface area contributed by atoms with Gasteiger partial charge in [0, 0.05) is 0 Å². The van der Waals surface area contributed by atoms with Crippen molar-refractivity contribution < 1.29 is 18.9 Å². The summed E-state index contributed by atoms with van der Waals surface area (Å²) < 4.78 is 0. The zero-order valence-corrected chi connectivity index (χ0v) is 4.41. The van der Waals surface area contributed by atoms with Crippen LogP contribution >= 0.6 is 0 Å². The predicted molar refractivity (Wildman–Crippen MR) is 22.1 cm³/mol. The Hall–Kier alpha value is 0.597. The fourth-order valence-corrected chi connectivity index (χ4v) is 0. The molecule has 0 bridgehead atoms. The Kier molecular flexibility index (Phi) is 585. The molecule has 0 aliphatic carbocycles. The van der Waals surface area contributed by atoms with Gasteiger partial charge in [-0.1, -0.05) is 0 Å². The SMILES string of the molecule is [CH2-]C.[CH2-]C.[Li+]. The Balaban J connectivity index is -0.0000000133. The van der Waals surface area contributed by atoms with Gasteiger partial charge in [0.05, 0.1) is 0 Å². The van der Waals surface area contributed by atoms with Gasteiger partial charge in [-0.3, -0.25) is 0 Å². The molecule has 0 amide bonds. The van der Waals surface area contributed by atoms with Crippen LogP contribution in [0, 0.1) is 13.8 Å². The second kappa shape index (κ2) is 167. The molecule has 0 atom stereocenters. The van der Waals surface area contributed by atoms with Crippen LogP contribution in [0.1, 0.15) is 13.8 Å². The van der Waals surface area contributed by atoms with Gasteiger partial charge in [-0.15, -0.1) is 0 Å². The Labute approximate surface area is 47.1 Å². The summed E-state index contributed by atoms with van der Waals surface area (Å²) in [6.07, 6.45) is 0. The quantitative estimate of drug-likeness (QED) is 0.243. The average Bonchev–Trinajstić information content (AvgIpc) is 1.50. The third-order valence-corrected chi connectivity index (χ3v) is 0. The average molecular weight is 65.1 g/mol. The molecule has 0 unspecified atom stereocenters. The van der Waals surface area contributed by atoms with Gasteiger partial charge in [0.15, 0.2) is 0 Å². The Morgan fingerprint density at radius 1 is 0.800 bits per heavy atom. The molecule has 0 saturated carbocycles. The van der Waals surface area contributed by atoms with Crippen molar-refractivity contribution >= 4 is 0 Å². The van der Waals surface area contributed by atoms with E-state index in [0.29, 0.717) is 0 Å². The van der Waals surface area contributed by atoms with Crippen molar-refractivity contribution in [2.75, 3.05) is 0 Å². The minimum absolute atomic E-state index is 0. The van der Waals surface area contributed by atoms with E-state index in [1.165, 1.54) is 0 Å². The molecule has 0 rings (SSSR count). The van der Waals surface area contributed by atoms with Crippen LogP contribution in [-0.4, -0.2) is 0 Å². The summed E-state index contributed by atoms with van der Waals surface area (Å²) in [5.41, 5.74) is 0. The smallest absolute Gasteiger partial charge is 0.346 e.